The van der Waals surface area contributed by atoms with Crippen molar-refractivity contribution in [3.8, 4) is 5.75 Å². The Bertz CT molecular complexity index is 1060. The average molecular weight is 453 g/mol. The zero-order valence-corrected chi connectivity index (χ0v) is 18.9. The molecule has 0 saturated carbocycles. The summed E-state index contributed by atoms with van der Waals surface area (Å²) in [6, 6.07) is 17.4. The van der Waals surface area contributed by atoms with Crippen LogP contribution in [0.25, 0.3) is 0 Å². The molecule has 0 radical (unpaired) electrons. The summed E-state index contributed by atoms with van der Waals surface area (Å²) in [6.07, 6.45) is 3.50. The van der Waals surface area contributed by atoms with Crippen molar-refractivity contribution in [2.75, 3.05) is 0 Å². The van der Waals surface area contributed by atoms with E-state index in [1.165, 1.54) is 35.3 Å². The summed E-state index contributed by atoms with van der Waals surface area (Å²) in [5.74, 6) is 0.507. The minimum atomic E-state index is -0.620. The second kappa shape index (κ2) is 10.0. The second-order valence-electron chi connectivity index (χ2n) is 7.33. The van der Waals surface area contributed by atoms with Gasteiger partial charge in [-0.2, -0.15) is 0 Å². The third-order valence-electron chi connectivity index (χ3n) is 4.96. The van der Waals surface area contributed by atoms with Crippen LogP contribution in [0.15, 0.2) is 69.8 Å². The van der Waals surface area contributed by atoms with Crippen LogP contribution in [0.4, 0.5) is 4.79 Å². The van der Waals surface area contributed by atoms with Gasteiger partial charge in [0, 0.05) is 9.79 Å². The summed E-state index contributed by atoms with van der Waals surface area (Å²) in [7, 11) is 0. The number of amides is 3. The van der Waals surface area contributed by atoms with Crippen LogP contribution in [-0.2, 0) is 17.8 Å². The van der Waals surface area contributed by atoms with Crippen LogP contribution in [0.5, 0.6) is 5.75 Å². The molecule has 0 spiro atoms. The Hall–Kier alpha value is -2.77. The molecule has 1 aliphatic rings. The summed E-state index contributed by atoms with van der Waals surface area (Å²) in [4.78, 5) is 26.3. The number of carbonyl (C=O) groups is 2. The molecule has 4 rings (SSSR count). The summed E-state index contributed by atoms with van der Waals surface area (Å²) < 4.78 is 5.97. The first kappa shape index (κ1) is 21.5. The molecular formula is C24H24N2O3S2. The molecule has 160 valence electrons. The second-order valence-corrected chi connectivity index (χ2v) is 9.39. The van der Waals surface area contributed by atoms with Crippen LogP contribution in [0.2, 0.25) is 0 Å². The molecule has 2 heterocycles. The van der Waals surface area contributed by atoms with Crippen LogP contribution >= 0.6 is 23.1 Å². The number of unbranched alkanes of at least 4 members (excludes halogenated alkanes) is 1. The first-order valence-corrected chi connectivity index (χ1v) is 12.0. The molecule has 1 aliphatic heterocycles. The van der Waals surface area contributed by atoms with Gasteiger partial charge in [0.25, 0.3) is 5.91 Å². The third-order valence-corrected chi connectivity index (χ3v) is 7.16. The summed E-state index contributed by atoms with van der Waals surface area (Å²) >= 11 is 3.03. The van der Waals surface area contributed by atoms with Gasteiger partial charge >= 0.3 is 6.03 Å². The van der Waals surface area contributed by atoms with Crippen LogP contribution in [0.1, 0.15) is 41.8 Å². The molecule has 1 saturated heterocycles. The average Bonchev–Trinajstić information content (AvgIpc) is 3.37. The normalized spacial score (nSPS) is 15.6. The number of thiophene rings is 1. The molecule has 3 amide bonds. The molecule has 1 fully saturated rings. The fourth-order valence-electron chi connectivity index (χ4n) is 3.36. The van der Waals surface area contributed by atoms with Crippen molar-refractivity contribution in [2.45, 2.75) is 48.6 Å². The van der Waals surface area contributed by atoms with E-state index in [0.29, 0.717) is 6.61 Å². The van der Waals surface area contributed by atoms with E-state index >= 15 is 0 Å². The number of hydrogen-bond donors (Lipinski definition) is 2. The maximum Gasteiger partial charge on any atom is 0.322 e. The molecule has 5 nitrogen and oxygen atoms in total. The van der Waals surface area contributed by atoms with Crippen molar-refractivity contribution >= 4 is 35.0 Å². The Morgan fingerprint density at radius 2 is 1.87 bits per heavy atom. The van der Waals surface area contributed by atoms with Crippen molar-refractivity contribution in [3.05, 3.63) is 76.0 Å². The molecule has 0 bridgehead atoms. The number of carbonyl (C=O) groups excluding carboxylic acids is 2. The van der Waals surface area contributed by atoms with Gasteiger partial charge in [-0.1, -0.05) is 49.4 Å². The zero-order valence-electron chi connectivity index (χ0n) is 17.2. The lowest BCUT2D eigenvalue weighted by Gasteiger charge is -2.10. The molecule has 3 aromatic rings. The van der Waals surface area contributed by atoms with Crippen molar-refractivity contribution in [3.63, 3.8) is 0 Å². The Labute approximate surface area is 190 Å². The highest BCUT2D eigenvalue weighted by atomic mass is 32.2. The number of rotatable bonds is 9. The van der Waals surface area contributed by atoms with Gasteiger partial charge in [-0.15, -0.1) is 11.3 Å². The van der Waals surface area contributed by atoms with E-state index in [-0.39, 0.29) is 5.91 Å². The monoisotopic (exact) mass is 452 g/mol. The van der Waals surface area contributed by atoms with E-state index in [0.717, 1.165) is 26.8 Å². The van der Waals surface area contributed by atoms with Gasteiger partial charge < -0.3 is 10.1 Å². The fourth-order valence-corrected chi connectivity index (χ4v) is 5.43. The summed E-state index contributed by atoms with van der Waals surface area (Å²) in [5.41, 5.74) is 2.53. The van der Waals surface area contributed by atoms with Crippen LogP contribution < -0.4 is 15.4 Å². The van der Waals surface area contributed by atoms with Crippen LogP contribution in [-0.4, -0.2) is 11.9 Å². The van der Waals surface area contributed by atoms with E-state index in [9.17, 15) is 9.59 Å². The molecule has 2 aromatic carbocycles. The SMILES string of the molecule is CCCCc1cccc(COc2ccc(Sc3ccsc3C3NC(=O)NC3=O)cc2)c1. The molecule has 2 N–H and O–H groups in total. The van der Waals surface area contributed by atoms with Gasteiger partial charge in [0.15, 0.2) is 0 Å². The maximum absolute atomic E-state index is 12.0. The third kappa shape index (κ3) is 5.48. The number of imide groups is 1. The smallest absolute Gasteiger partial charge is 0.322 e. The van der Waals surface area contributed by atoms with Crippen LogP contribution in [0, 0.1) is 0 Å². The van der Waals surface area contributed by atoms with Gasteiger partial charge in [-0.05, 0) is 59.7 Å². The number of hydrogen-bond acceptors (Lipinski definition) is 5. The van der Waals surface area contributed by atoms with Gasteiger partial charge in [-0.3, -0.25) is 10.1 Å². The zero-order chi connectivity index (χ0) is 21.6. The van der Waals surface area contributed by atoms with Crippen molar-refractivity contribution in [2.24, 2.45) is 0 Å². The first-order valence-electron chi connectivity index (χ1n) is 10.3. The molecule has 1 aromatic heterocycles. The lowest BCUT2D eigenvalue weighted by molar-refractivity contribution is -0.120. The number of nitrogens with one attached hydrogen (secondary N) is 2. The Balaban J connectivity index is 1.36. The highest BCUT2D eigenvalue weighted by Gasteiger charge is 2.33. The van der Waals surface area contributed by atoms with Crippen molar-refractivity contribution < 1.29 is 14.3 Å². The van der Waals surface area contributed by atoms with E-state index in [4.69, 9.17) is 4.74 Å². The summed E-state index contributed by atoms with van der Waals surface area (Å²) in [6.45, 7) is 2.75. The predicted molar refractivity (Wildman–Crippen MR) is 124 cm³/mol. The lowest BCUT2D eigenvalue weighted by Crippen LogP contribution is -2.22. The molecule has 31 heavy (non-hydrogen) atoms. The number of urea groups is 1. The van der Waals surface area contributed by atoms with Crippen molar-refractivity contribution in [1.82, 2.24) is 10.6 Å². The molecule has 0 aliphatic carbocycles. The molecule has 1 unspecified atom stereocenters. The summed E-state index contributed by atoms with van der Waals surface area (Å²) in [5, 5.41) is 6.88. The quantitative estimate of drug-likeness (QED) is 0.409. The highest BCUT2D eigenvalue weighted by Crippen LogP contribution is 2.38. The number of aryl methyl sites for hydroxylation is 1. The van der Waals surface area contributed by atoms with Gasteiger partial charge in [0.2, 0.25) is 0 Å². The maximum atomic E-state index is 12.0. The Kier molecular flexibility index (Phi) is 6.94. The van der Waals surface area contributed by atoms with Crippen LogP contribution in [0.3, 0.4) is 0 Å². The molecular weight excluding hydrogens is 428 g/mol. The van der Waals surface area contributed by atoms with E-state index < -0.39 is 12.1 Å². The molecule has 7 heteroatoms. The molecule has 1 atom stereocenters. The first-order chi connectivity index (χ1) is 15.1. The standard InChI is InChI=1S/C24H24N2O3S2/c1-2-3-5-16-6-4-7-17(14-16)15-29-18-8-10-19(11-9-18)31-20-12-13-30-22(20)21-23(27)26-24(28)25-21/h4,6-14,21H,2-3,5,15H2,1H3,(H2,25,26,27,28). The van der Waals surface area contributed by atoms with E-state index in [1.807, 2.05) is 35.7 Å². The van der Waals surface area contributed by atoms with Crippen molar-refractivity contribution in [1.29, 1.82) is 0 Å². The largest absolute Gasteiger partial charge is 0.489 e. The minimum Gasteiger partial charge on any atom is -0.489 e. The Morgan fingerprint density at radius 3 is 2.61 bits per heavy atom. The fraction of sp³-hybridized carbons (Fsp3) is 0.250. The lowest BCUT2D eigenvalue weighted by atomic mass is 10.1. The van der Waals surface area contributed by atoms with Gasteiger partial charge in [0.05, 0.1) is 4.88 Å². The van der Waals surface area contributed by atoms with E-state index in [1.54, 1.807) is 11.8 Å². The van der Waals surface area contributed by atoms with Gasteiger partial charge in [-0.25, -0.2) is 4.79 Å². The minimum absolute atomic E-state index is 0.309. The highest BCUT2D eigenvalue weighted by molar-refractivity contribution is 7.99. The van der Waals surface area contributed by atoms with E-state index in [2.05, 4.69) is 41.8 Å². The topological polar surface area (TPSA) is 67.4 Å². The van der Waals surface area contributed by atoms with Gasteiger partial charge in [0.1, 0.15) is 18.4 Å². The number of benzene rings is 2. The predicted octanol–water partition coefficient (Wildman–Crippen LogP) is 5.70. The number of ether oxygens (including phenoxy) is 1. The Morgan fingerprint density at radius 1 is 1.06 bits per heavy atom.